The lowest BCUT2D eigenvalue weighted by Crippen LogP contribution is -2.32. The third kappa shape index (κ3) is 3.83. The highest BCUT2D eigenvalue weighted by molar-refractivity contribution is 7.16. The average molecular weight is 416 g/mol. The quantitative estimate of drug-likeness (QED) is 0.685. The van der Waals surface area contributed by atoms with E-state index in [-0.39, 0.29) is 30.5 Å². The molecule has 144 valence electrons. The Morgan fingerprint density at radius 3 is 2.89 bits per heavy atom. The molecular weight excluding hydrogens is 397 g/mol. The summed E-state index contributed by atoms with van der Waals surface area (Å²) in [5.41, 5.74) is 1.18. The van der Waals surface area contributed by atoms with Gasteiger partial charge in [0.1, 0.15) is 5.82 Å². The number of carbonyl (C=O) groups excluding carboxylic acids is 2. The van der Waals surface area contributed by atoms with Gasteiger partial charge in [0.05, 0.1) is 33.7 Å². The van der Waals surface area contributed by atoms with E-state index < -0.39 is 11.7 Å². The van der Waals surface area contributed by atoms with Gasteiger partial charge in [0.25, 0.3) is 0 Å². The van der Waals surface area contributed by atoms with Gasteiger partial charge in [-0.2, -0.15) is 0 Å². The summed E-state index contributed by atoms with van der Waals surface area (Å²) in [7, 11) is 0. The fourth-order valence-electron chi connectivity index (χ4n) is 3.19. The van der Waals surface area contributed by atoms with Crippen molar-refractivity contribution < 1.29 is 14.0 Å². The van der Waals surface area contributed by atoms with E-state index in [0.717, 1.165) is 20.5 Å². The van der Waals surface area contributed by atoms with Crippen molar-refractivity contribution in [3.63, 3.8) is 0 Å². The van der Waals surface area contributed by atoms with E-state index in [1.165, 1.54) is 11.0 Å². The van der Waals surface area contributed by atoms with Crippen LogP contribution in [0.4, 0.5) is 10.1 Å². The van der Waals surface area contributed by atoms with Crippen LogP contribution in [0.3, 0.4) is 0 Å². The number of thiazole rings is 1. The van der Waals surface area contributed by atoms with Gasteiger partial charge in [-0.05, 0) is 31.2 Å². The molecule has 8 heteroatoms. The number of benzene rings is 1. The van der Waals surface area contributed by atoms with Crippen molar-refractivity contribution in [2.45, 2.75) is 19.9 Å². The highest BCUT2D eigenvalue weighted by atomic mass is 32.1. The summed E-state index contributed by atoms with van der Waals surface area (Å²) in [5, 5.41) is 5.94. The molecule has 0 spiro atoms. The van der Waals surface area contributed by atoms with E-state index in [4.69, 9.17) is 0 Å². The molecular formula is C20H18FN3O2S2. The Morgan fingerprint density at radius 2 is 2.14 bits per heavy atom. The van der Waals surface area contributed by atoms with Crippen LogP contribution < -0.4 is 10.2 Å². The van der Waals surface area contributed by atoms with Crippen molar-refractivity contribution >= 4 is 40.2 Å². The van der Waals surface area contributed by atoms with Crippen LogP contribution >= 0.6 is 22.7 Å². The van der Waals surface area contributed by atoms with Crippen molar-refractivity contribution in [2.24, 2.45) is 5.92 Å². The zero-order valence-corrected chi connectivity index (χ0v) is 16.8. The number of thiophene rings is 1. The van der Waals surface area contributed by atoms with Crippen LogP contribution in [0.2, 0.25) is 0 Å². The Labute approximate surface area is 169 Å². The van der Waals surface area contributed by atoms with E-state index in [9.17, 15) is 14.0 Å². The molecule has 3 aromatic rings. The summed E-state index contributed by atoms with van der Waals surface area (Å²) >= 11 is 3.19. The molecule has 1 N–H and O–H groups in total. The third-order valence-corrected chi connectivity index (χ3v) is 6.49. The fourth-order valence-corrected chi connectivity index (χ4v) is 4.79. The molecule has 1 aliphatic heterocycles. The molecule has 2 aromatic heterocycles. The number of carbonyl (C=O) groups is 2. The number of aromatic nitrogens is 1. The van der Waals surface area contributed by atoms with Gasteiger partial charge < -0.3 is 10.2 Å². The normalized spacial score (nSPS) is 16.6. The lowest BCUT2D eigenvalue weighted by molar-refractivity contribution is -0.126. The third-order valence-electron chi connectivity index (χ3n) is 4.61. The smallest absolute Gasteiger partial charge is 0.227 e. The largest absolute Gasteiger partial charge is 0.351 e. The van der Waals surface area contributed by atoms with Crippen LogP contribution in [0.25, 0.3) is 10.6 Å². The second kappa shape index (κ2) is 7.81. The van der Waals surface area contributed by atoms with Crippen LogP contribution in [-0.2, 0) is 16.1 Å². The van der Waals surface area contributed by atoms with Gasteiger partial charge >= 0.3 is 0 Å². The van der Waals surface area contributed by atoms with Gasteiger partial charge in [0.2, 0.25) is 11.8 Å². The van der Waals surface area contributed by atoms with Gasteiger partial charge in [-0.3, -0.25) is 9.59 Å². The first kappa shape index (κ1) is 18.8. The van der Waals surface area contributed by atoms with Crippen molar-refractivity contribution in [1.82, 2.24) is 10.3 Å². The zero-order chi connectivity index (χ0) is 19.7. The number of para-hydroxylation sites is 1. The van der Waals surface area contributed by atoms with E-state index in [0.29, 0.717) is 6.54 Å². The van der Waals surface area contributed by atoms with Crippen LogP contribution in [0.15, 0.2) is 41.8 Å². The molecule has 0 radical (unpaired) electrons. The summed E-state index contributed by atoms with van der Waals surface area (Å²) in [6.45, 7) is 2.56. The van der Waals surface area contributed by atoms with Crippen LogP contribution in [-0.4, -0.2) is 23.3 Å². The number of halogens is 1. The van der Waals surface area contributed by atoms with Crippen LogP contribution in [0.1, 0.15) is 16.3 Å². The summed E-state index contributed by atoms with van der Waals surface area (Å²) in [6, 6.07) is 10.1. The lowest BCUT2D eigenvalue weighted by atomic mass is 10.1. The summed E-state index contributed by atoms with van der Waals surface area (Å²) in [6.07, 6.45) is 0.0912. The average Bonchev–Trinajstić information content (AvgIpc) is 3.40. The number of hydrogen-bond acceptors (Lipinski definition) is 5. The highest BCUT2D eigenvalue weighted by Gasteiger charge is 2.36. The van der Waals surface area contributed by atoms with Crippen LogP contribution in [0, 0.1) is 18.7 Å². The number of rotatable bonds is 5. The standard InChI is InChI=1S/C20H18FN3O2S2/c1-12-23-16(11-27-12)18-7-6-14(28-18)9-22-20(26)13-8-19(25)24(10-13)17-5-3-2-4-15(17)21/h2-7,11,13H,8-10H2,1H3,(H,22,26)/t13-/m1/s1. The van der Waals surface area contributed by atoms with Crippen molar-refractivity contribution in [1.29, 1.82) is 0 Å². The zero-order valence-electron chi connectivity index (χ0n) is 15.1. The van der Waals surface area contributed by atoms with Gasteiger partial charge in [0.15, 0.2) is 0 Å². The number of hydrogen-bond donors (Lipinski definition) is 1. The lowest BCUT2D eigenvalue weighted by Gasteiger charge is -2.17. The van der Waals surface area contributed by atoms with Gasteiger partial charge in [-0.15, -0.1) is 22.7 Å². The topological polar surface area (TPSA) is 62.3 Å². The number of amides is 2. The van der Waals surface area contributed by atoms with Gasteiger partial charge in [0, 0.05) is 23.2 Å². The SMILES string of the molecule is Cc1nc(-c2ccc(CNC(=O)[C@@H]3CC(=O)N(c4ccccc4F)C3)s2)cs1. The van der Waals surface area contributed by atoms with E-state index in [1.54, 1.807) is 40.9 Å². The van der Waals surface area contributed by atoms with Crippen molar-refractivity contribution in [3.8, 4) is 10.6 Å². The Morgan fingerprint density at radius 1 is 1.32 bits per heavy atom. The minimum Gasteiger partial charge on any atom is -0.351 e. The maximum Gasteiger partial charge on any atom is 0.227 e. The highest BCUT2D eigenvalue weighted by Crippen LogP contribution is 2.30. The Bertz CT molecular complexity index is 1030. The Kier molecular flexibility index (Phi) is 5.23. The minimum absolute atomic E-state index is 0.0912. The van der Waals surface area contributed by atoms with Gasteiger partial charge in [-0.25, -0.2) is 9.37 Å². The molecule has 1 atom stereocenters. The van der Waals surface area contributed by atoms with Crippen LogP contribution in [0.5, 0.6) is 0 Å². The second-order valence-corrected chi connectivity index (χ2v) is 8.82. The number of nitrogens with one attached hydrogen (secondary N) is 1. The molecule has 0 unspecified atom stereocenters. The molecule has 1 fully saturated rings. The molecule has 1 saturated heterocycles. The van der Waals surface area contributed by atoms with E-state index in [1.807, 2.05) is 24.4 Å². The molecule has 2 amide bonds. The fraction of sp³-hybridized carbons (Fsp3) is 0.250. The summed E-state index contributed by atoms with van der Waals surface area (Å²) in [4.78, 5) is 32.7. The first-order chi connectivity index (χ1) is 13.5. The molecule has 1 aromatic carbocycles. The number of nitrogens with zero attached hydrogens (tertiary/aromatic N) is 2. The van der Waals surface area contributed by atoms with Crippen molar-refractivity contribution in [2.75, 3.05) is 11.4 Å². The predicted molar refractivity (Wildman–Crippen MR) is 109 cm³/mol. The minimum atomic E-state index is -0.479. The maximum atomic E-state index is 14.0. The summed E-state index contributed by atoms with van der Waals surface area (Å²) in [5.74, 6) is -1.36. The molecule has 5 nitrogen and oxygen atoms in total. The molecule has 0 saturated carbocycles. The monoisotopic (exact) mass is 415 g/mol. The second-order valence-electron chi connectivity index (χ2n) is 6.59. The van der Waals surface area contributed by atoms with E-state index >= 15 is 0 Å². The first-order valence-electron chi connectivity index (χ1n) is 8.85. The maximum absolute atomic E-state index is 14.0. The molecule has 0 aliphatic carbocycles. The number of aryl methyl sites for hydroxylation is 1. The molecule has 4 rings (SSSR count). The molecule has 28 heavy (non-hydrogen) atoms. The van der Waals surface area contributed by atoms with E-state index in [2.05, 4.69) is 10.3 Å². The summed E-state index contributed by atoms with van der Waals surface area (Å²) < 4.78 is 14.0. The predicted octanol–water partition coefficient (Wildman–Crippen LogP) is 3.99. The molecule has 1 aliphatic rings. The number of anilines is 1. The molecule has 0 bridgehead atoms. The Hall–Kier alpha value is -2.58. The van der Waals surface area contributed by atoms with Gasteiger partial charge in [-0.1, -0.05) is 12.1 Å². The molecule has 3 heterocycles. The Balaban J connectivity index is 1.36. The first-order valence-corrected chi connectivity index (χ1v) is 10.5. The van der Waals surface area contributed by atoms with Crippen molar-refractivity contribution in [3.05, 3.63) is 57.5 Å².